The number of para-hydroxylation sites is 1. The molecule has 0 unspecified atom stereocenters. The lowest BCUT2D eigenvalue weighted by Gasteiger charge is -2.25. The minimum absolute atomic E-state index is 0.214. The van der Waals surface area contributed by atoms with Gasteiger partial charge in [-0.3, -0.25) is 9.36 Å². The second-order valence-electron chi connectivity index (χ2n) is 6.69. The van der Waals surface area contributed by atoms with Gasteiger partial charge in [0.1, 0.15) is 17.6 Å². The molecule has 7 nitrogen and oxygen atoms in total. The highest BCUT2D eigenvalue weighted by Gasteiger charge is 2.34. The summed E-state index contributed by atoms with van der Waals surface area (Å²) in [5.41, 5.74) is 1.21. The summed E-state index contributed by atoms with van der Waals surface area (Å²) in [6, 6.07) is 10.1. The molecule has 1 aliphatic heterocycles. The number of thiazole rings is 1. The predicted molar refractivity (Wildman–Crippen MR) is 120 cm³/mol. The molecule has 9 heteroatoms. The van der Waals surface area contributed by atoms with Gasteiger partial charge in [-0.15, -0.1) is 0 Å². The Morgan fingerprint density at radius 1 is 1.32 bits per heavy atom. The number of halogens is 1. The van der Waals surface area contributed by atoms with Crippen molar-refractivity contribution in [3.05, 3.63) is 83.3 Å². The third-order valence-electron chi connectivity index (χ3n) is 4.82. The zero-order valence-electron chi connectivity index (χ0n) is 17.0. The number of benzene rings is 1. The molecule has 2 aromatic heterocycles. The Kier molecular flexibility index (Phi) is 5.97. The van der Waals surface area contributed by atoms with Crippen LogP contribution >= 0.6 is 27.3 Å². The predicted octanol–water partition coefficient (Wildman–Crippen LogP) is 3.16. The van der Waals surface area contributed by atoms with Crippen molar-refractivity contribution in [3.8, 4) is 5.75 Å². The Balaban J connectivity index is 2.00. The standard InChI is InChI=1S/C22H19BrN2O5S/c1-4-29-21(27)18-12(2)24-22-25(19(18)14-7-5-6-8-15(14)28-3)20(26)16(31-22)11-13-9-10-17(23)30-13/h5-11,19H,4H2,1-3H3/b16-11-/t19-/m0/s1. The molecule has 160 valence electrons. The molecule has 0 amide bonds. The monoisotopic (exact) mass is 502 g/mol. The number of ether oxygens (including phenoxy) is 2. The molecule has 0 N–H and O–H groups in total. The van der Waals surface area contributed by atoms with Crippen LogP contribution in [0.5, 0.6) is 5.75 Å². The minimum atomic E-state index is -0.725. The number of carbonyl (C=O) groups is 1. The lowest BCUT2D eigenvalue weighted by atomic mass is 9.95. The average Bonchev–Trinajstić information content (AvgIpc) is 3.29. The largest absolute Gasteiger partial charge is 0.496 e. The van der Waals surface area contributed by atoms with Crippen molar-refractivity contribution in [2.24, 2.45) is 4.99 Å². The van der Waals surface area contributed by atoms with E-state index < -0.39 is 12.0 Å². The van der Waals surface area contributed by atoms with Crippen LogP contribution < -0.4 is 19.6 Å². The Hall–Kier alpha value is -2.91. The minimum Gasteiger partial charge on any atom is -0.496 e. The third-order valence-corrected chi connectivity index (χ3v) is 6.23. The van der Waals surface area contributed by atoms with Crippen molar-refractivity contribution in [2.75, 3.05) is 13.7 Å². The number of rotatable bonds is 5. The number of aromatic nitrogens is 1. The molecule has 1 aromatic carbocycles. The van der Waals surface area contributed by atoms with E-state index >= 15 is 0 Å². The van der Waals surface area contributed by atoms with E-state index in [4.69, 9.17) is 13.9 Å². The smallest absolute Gasteiger partial charge is 0.338 e. The molecule has 0 radical (unpaired) electrons. The first-order valence-electron chi connectivity index (χ1n) is 9.52. The molecule has 0 saturated carbocycles. The topological polar surface area (TPSA) is 83.0 Å². The molecule has 0 saturated heterocycles. The average molecular weight is 503 g/mol. The fourth-order valence-corrected chi connectivity index (χ4v) is 4.86. The van der Waals surface area contributed by atoms with Crippen LogP contribution in [0.25, 0.3) is 6.08 Å². The lowest BCUT2D eigenvalue weighted by molar-refractivity contribution is -0.139. The van der Waals surface area contributed by atoms with Gasteiger partial charge in [0, 0.05) is 11.6 Å². The summed E-state index contributed by atoms with van der Waals surface area (Å²) in [5.74, 6) is 0.588. The number of esters is 1. The molecule has 31 heavy (non-hydrogen) atoms. The first-order valence-corrected chi connectivity index (χ1v) is 11.1. The number of hydrogen-bond acceptors (Lipinski definition) is 7. The van der Waals surface area contributed by atoms with Crippen LogP contribution in [0.15, 0.2) is 66.5 Å². The Labute approximate surface area is 190 Å². The van der Waals surface area contributed by atoms with Gasteiger partial charge in [0.05, 0.1) is 29.5 Å². The quantitative estimate of drug-likeness (QED) is 0.500. The number of nitrogens with zero attached hydrogens (tertiary/aromatic N) is 2. The zero-order chi connectivity index (χ0) is 22.1. The molecule has 1 atom stereocenters. The number of furan rings is 1. The Morgan fingerprint density at radius 3 is 2.77 bits per heavy atom. The highest BCUT2D eigenvalue weighted by Crippen LogP contribution is 2.35. The number of fused-ring (bicyclic) bond motifs is 1. The van der Waals surface area contributed by atoms with E-state index in [1.54, 1.807) is 45.2 Å². The second kappa shape index (κ2) is 8.68. The van der Waals surface area contributed by atoms with Crippen molar-refractivity contribution in [1.29, 1.82) is 0 Å². The molecule has 0 spiro atoms. The summed E-state index contributed by atoms with van der Waals surface area (Å²) in [7, 11) is 1.55. The van der Waals surface area contributed by atoms with Gasteiger partial charge in [0.15, 0.2) is 9.47 Å². The van der Waals surface area contributed by atoms with Crippen molar-refractivity contribution in [2.45, 2.75) is 19.9 Å². The maximum atomic E-state index is 13.5. The molecule has 3 heterocycles. The van der Waals surface area contributed by atoms with Gasteiger partial charge in [-0.25, -0.2) is 9.79 Å². The van der Waals surface area contributed by atoms with Gasteiger partial charge in [-0.1, -0.05) is 29.5 Å². The van der Waals surface area contributed by atoms with Crippen molar-refractivity contribution < 1.29 is 18.7 Å². The molecule has 1 aliphatic rings. The van der Waals surface area contributed by atoms with Crippen LogP contribution in [-0.4, -0.2) is 24.3 Å². The molecule has 4 rings (SSSR count). The van der Waals surface area contributed by atoms with Gasteiger partial charge in [0.2, 0.25) is 0 Å². The van der Waals surface area contributed by atoms with Crippen LogP contribution in [0.3, 0.4) is 0 Å². The van der Waals surface area contributed by atoms with E-state index in [1.807, 2.05) is 18.2 Å². The third kappa shape index (κ3) is 3.90. The maximum Gasteiger partial charge on any atom is 0.338 e. The fourth-order valence-electron chi connectivity index (χ4n) is 3.51. The van der Waals surface area contributed by atoms with Crippen LogP contribution in [-0.2, 0) is 9.53 Å². The summed E-state index contributed by atoms with van der Waals surface area (Å²) in [6.07, 6.45) is 1.66. The molecular weight excluding hydrogens is 484 g/mol. The SMILES string of the molecule is CCOC(=O)C1=C(C)N=c2s/c(=C\c3ccc(Br)o3)c(=O)n2[C@H]1c1ccccc1OC. The maximum absolute atomic E-state index is 13.5. The van der Waals surface area contributed by atoms with E-state index in [1.165, 1.54) is 15.9 Å². The molecule has 0 bridgehead atoms. The Bertz CT molecular complexity index is 1360. The summed E-state index contributed by atoms with van der Waals surface area (Å²) >= 11 is 4.50. The van der Waals surface area contributed by atoms with Crippen LogP contribution in [0.4, 0.5) is 0 Å². The van der Waals surface area contributed by atoms with Crippen LogP contribution in [0, 0.1) is 0 Å². The lowest BCUT2D eigenvalue weighted by Crippen LogP contribution is -2.40. The molecular formula is C22H19BrN2O5S. The van der Waals surface area contributed by atoms with Crippen molar-refractivity contribution >= 4 is 39.3 Å². The first-order chi connectivity index (χ1) is 14.9. The van der Waals surface area contributed by atoms with E-state index in [-0.39, 0.29) is 12.2 Å². The highest BCUT2D eigenvalue weighted by atomic mass is 79.9. The van der Waals surface area contributed by atoms with Crippen LogP contribution in [0.2, 0.25) is 0 Å². The van der Waals surface area contributed by atoms with Gasteiger partial charge < -0.3 is 13.9 Å². The molecule has 3 aromatic rings. The van der Waals surface area contributed by atoms with Crippen molar-refractivity contribution in [1.82, 2.24) is 4.57 Å². The highest BCUT2D eigenvalue weighted by molar-refractivity contribution is 9.10. The molecule has 0 fully saturated rings. The van der Waals surface area contributed by atoms with Gasteiger partial charge >= 0.3 is 5.97 Å². The Morgan fingerprint density at radius 2 is 2.10 bits per heavy atom. The summed E-state index contributed by atoms with van der Waals surface area (Å²) < 4.78 is 18.9. The molecule has 0 aliphatic carbocycles. The normalized spacial score (nSPS) is 16.1. The first kappa shape index (κ1) is 21.3. The van der Waals surface area contributed by atoms with E-state index in [0.717, 1.165) is 0 Å². The van der Waals surface area contributed by atoms with Gasteiger partial charge in [0.25, 0.3) is 5.56 Å². The fraction of sp³-hybridized carbons (Fsp3) is 0.227. The zero-order valence-corrected chi connectivity index (χ0v) is 19.5. The van der Waals surface area contributed by atoms with Gasteiger partial charge in [-0.05, 0) is 48.0 Å². The van der Waals surface area contributed by atoms with Gasteiger partial charge in [-0.2, -0.15) is 0 Å². The second-order valence-corrected chi connectivity index (χ2v) is 8.48. The number of allylic oxidation sites excluding steroid dienone is 1. The summed E-state index contributed by atoms with van der Waals surface area (Å²) in [4.78, 5) is 31.4. The van der Waals surface area contributed by atoms with E-state index in [9.17, 15) is 9.59 Å². The van der Waals surface area contributed by atoms with Crippen molar-refractivity contribution in [3.63, 3.8) is 0 Å². The number of carbonyl (C=O) groups excluding carboxylic acids is 1. The summed E-state index contributed by atoms with van der Waals surface area (Å²) in [6.45, 7) is 3.70. The number of methoxy groups -OCH3 is 1. The van der Waals surface area contributed by atoms with E-state index in [0.29, 0.717) is 42.3 Å². The van der Waals surface area contributed by atoms with Crippen LogP contribution in [0.1, 0.15) is 31.2 Å². The number of hydrogen-bond donors (Lipinski definition) is 0. The van der Waals surface area contributed by atoms with E-state index in [2.05, 4.69) is 20.9 Å². The summed E-state index contributed by atoms with van der Waals surface area (Å²) in [5, 5.41) is 0.